The Bertz CT molecular complexity index is 452. The minimum atomic E-state index is -0.197. The van der Waals surface area contributed by atoms with Gasteiger partial charge in [-0.15, -0.1) is 0 Å². The van der Waals surface area contributed by atoms with Gasteiger partial charge in [-0.05, 0) is 20.0 Å². The van der Waals surface area contributed by atoms with E-state index >= 15 is 0 Å². The molecule has 1 aromatic heterocycles. The number of nitrogens with zero attached hydrogens (tertiary/aromatic N) is 5. The molecular formula is C12H22N6O2. The van der Waals surface area contributed by atoms with Gasteiger partial charge in [0.1, 0.15) is 5.82 Å². The molecule has 0 bridgehead atoms. The molecule has 0 aliphatic heterocycles. The lowest BCUT2D eigenvalue weighted by atomic mass is 10.3. The Balaban J connectivity index is 2.53. The zero-order valence-electron chi connectivity index (χ0n) is 12.5. The van der Waals surface area contributed by atoms with Crippen molar-refractivity contribution in [3.05, 3.63) is 5.82 Å². The third kappa shape index (κ3) is 5.35. The fraction of sp³-hybridized carbons (Fsp3) is 0.667. The van der Waals surface area contributed by atoms with Gasteiger partial charge in [-0.3, -0.25) is 9.69 Å². The van der Waals surface area contributed by atoms with E-state index in [9.17, 15) is 4.79 Å². The number of anilines is 2. The maximum absolute atomic E-state index is 11.0. The summed E-state index contributed by atoms with van der Waals surface area (Å²) in [4.78, 5) is 27.3. The van der Waals surface area contributed by atoms with Gasteiger partial charge in [-0.1, -0.05) is 0 Å². The number of nitrogen functional groups attached to an aromatic ring is 1. The van der Waals surface area contributed by atoms with E-state index in [0.29, 0.717) is 24.7 Å². The molecule has 0 atom stereocenters. The van der Waals surface area contributed by atoms with Crippen molar-refractivity contribution < 1.29 is 9.53 Å². The summed E-state index contributed by atoms with van der Waals surface area (Å²) in [6.07, 6.45) is 1.13. The second kappa shape index (κ2) is 7.59. The van der Waals surface area contributed by atoms with E-state index in [1.807, 2.05) is 26.0 Å². The molecule has 8 heteroatoms. The van der Waals surface area contributed by atoms with E-state index in [0.717, 1.165) is 13.0 Å². The summed E-state index contributed by atoms with van der Waals surface area (Å²) in [6, 6.07) is 0. The Morgan fingerprint density at radius 2 is 1.95 bits per heavy atom. The SMILES string of the molecule is COC(=O)CCCN(C)Cc1nc(N)nc(N(C)C)n1. The molecule has 1 heterocycles. The van der Waals surface area contributed by atoms with Crippen molar-refractivity contribution in [3.8, 4) is 0 Å². The fourth-order valence-electron chi connectivity index (χ4n) is 1.61. The summed E-state index contributed by atoms with van der Waals surface area (Å²) in [7, 11) is 7.02. The number of rotatable bonds is 7. The predicted octanol–water partition coefficient (Wildman–Crippen LogP) is -0.0952. The normalized spacial score (nSPS) is 10.7. The number of nitrogens with two attached hydrogens (primary N) is 1. The van der Waals surface area contributed by atoms with Crippen molar-refractivity contribution in [3.63, 3.8) is 0 Å². The summed E-state index contributed by atoms with van der Waals surface area (Å²) in [5.74, 6) is 1.16. The van der Waals surface area contributed by atoms with Gasteiger partial charge in [0.2, 0.25) is 11.9 Å². The van der Waals surface area contributed by atoms with Gasteiger partial charge in [0.05, 0.1) is 13.7 Å². The Hall–Kier alpha value is -1.96. The largest absolute Gasteiger partial charge is 0.469 e. The molecule has 0 aromatic carbocycles. The van der Waals surface area contributed by atoms with Crippen LogP contribution in [0, 0.1) is 0 Å². The topological polar surface area (TPSA) is 97.5 Å². The smallest absolute Gasteiger partial charge is 0.305 e. The zero-order chi connectivity index (χ0) is 15.1. The van der Waals surface area contributed by atoms with Crippen LogP contribution in [-0.2, 0) is 16.1 Å². The van der Waals surface area contributed by atoms with Gasteiger partial charge < -0.3 is 15.4 Å². The van der Waals surface area contributed by atoms with Gasteiger partial charge in [0.15, 0.2) is 0 Å². The van der Waals surface area contributed by atoms with Gasteiger partial charge >= 0.3 is 5.97 Å². The van der Waals surface area contributed by atoms with Crippen LogP contribution in [0.25, 0.3) is 0 Å². The highest BCUT2D eigenvalue weighted by atomic mass is 16.5. The number of carbonyl (C=O) groups excluding carboxylic acids is 1. The first kappa shape index (κ1) is 16.1. The highest BCUT2D eigenvalue weighted by molar-refractivity contribution is 5.69. The third-order valence-corrected chi connectivity index (χ3v) is 2.65. The second-order valence-corrected chi connectivity index (χ2v) is 4.72. The number of ether oxygens (including phenoxy) is 1. The molecule has 0 unspecified atom stereocenters. The standard InChI is InChI=1S/C12H22N6O2/c1-17(2)12-15-9(14-11(13)16-12)8-18(3)7-5-6-10(19)20-4/h5-8H2,1-4H3,(H2,13,14,15,16). The lowest BCUT2D eigenvalue weighted by molar-refractivity contribution is -0.140. The van der Waals surface area contributed by atoms with Crippen molar-refractivity contribution in [1.29, 1.82) is 0 Å². The molecule has 0 aliphatic carbocycles. The van der Waals surface area contributed by atoms with Crippen LogP contribution in [0.15, 0.2) is 0 Å². The molecule has 0 fully saturated rings. The third-order valence-electron chi connectivity index (χ3n) is 2.65. The molecule has 2 N–H and O–H groups in total. The van der Waals surface area contributed by atoms with E-state index in [1.54, 1.807) is 4.90 Å². The van der Waals surface area contributed by atoms with Crippen LogP contribution in [0.5, 0.6) is 0 Å². The van der Waals surface area contributed by atoms with Gasteiger partial charge in [0, 0.05) is 20.5 Å². The molecule has 0 saturated heterocycles. The molecule has 0 radical (unpaired) electrons. The van der Waals surface area contributed by atoms with Crippen molar-refractivity contribution in [2.24, 2.45) is 0 Å². The minimum Gasteiger partial charge on any atom is -0.469 e. The van der Waals surface area contributed by atoms with Crippen molar-refractivity contribution in [1.82, 2.24) is 19.9 Å². The summed E-state index contributed by atoms with van der Waals surface area (Å²) in [5, 5.41) is 0. The number of methoxy groups -OCH3 is 1. The molecule has 0 aliphatic rings. The van der Waals surface area contributed by atoms with Crippen LogP contribution in [0.4, 0.5) is 11.9 Å². The zero-order valence-corrected chi connectivity index (χ0v) is 12.5. The number of aromatic nitrogens is 3. The van der Waals surface area contributed by atoms with Crippen LogP contribution in [0.1, 0.15) is 18.7 Å². The first-order valence-corrected chi connectivity index (χ1v) is 6.35. The Kier molecular flexibility index (Phi) is 6.10. The molecule has 0 spiro atoms. The van der Waals surface area contributed by atoms with Crippen LogP contribution in [0.3, 0.4) is 0 Å². The van der Waals surface area contributed by atoms with Gasteiger partial charge in [0.25, 0.3) is 0 Å². The van der Waals surface area contributed by atoms with E-state index in [-0.39, 0.29) is 11.9 Å². The number of hydrogen-bond donors (Lipinski definition) is 1. The van der Waals surface area contributed by atoms with E-state index in [4.69, 9.17) is 5.73 Å². The van der Waals surface area contributed by atoms with Crippen LogP contribution >= 0.6 is 0 Å². The monoisotopic (exact) mass is 282 g/mol. The summed E-state index contributed by atoms with van der Waals surface area (Å²) >= 11 is 0. The van der Waals surface area contributed by atoms with E-state index in [1.165, 1.54) is 7.11 Å². The van der Waals surface area contributed by atoms with Crippen molar-refractivity contribution in [2.45, 2.75) is 19.4 Å². The molecule has 8 nitrogen and oxygen atoms in total. The highest BCUT2D eigenvalue weighted by Gasteiger charge is 2.09. The molecule has 0 saturated carbocycles. The van der Waals surface area contributed by atoms with Crippen molar-refractivity contribution >= 4 is 17.9 Å². The van der Waals surface area contributed by atoms with E-state index < -0.39 is 0 Å². The lowest BCUT2D eigenvalue weighted by Gasteiger charge is -2.16. The quantitative estimate of drug-likeness (QED) is 0.693. The average Bonchev–Trinajstić information content (AvgIpc) is 2.37. The lowest BCUT2D eigenvalue weighted by Crippen LogP contribution is -2.23. The predicted molar refractivity (Wildman–Crippen MR) is 76.2 cm³/mol. The summed E-state index contributed by atoms with van der Waals surface area (Å²) < 4.78 is 4.60. The maximum atomic E-state index is 11.0. The Morgan fingerprint density at radius 1 is 1.25 bits per heavy atom. The molecule has 1 rings (SSSR count). The van der Waals surface area contributed by atoms with Crippen LogP contribution in [0.2, 0.25) is 0 Å². The fourth-order valence-corrected chi connectivity index (χ4v) is 1.61. The summed E-state index contributed by atoms with van der Waals surface area (Å²) in [6.45, 7) is 1.30. The van der Waals surface area contributed by atoms with Crippen LogP contribution < -0.4 is 10.6 Å². The first-order chi connectivity index (χ1) is 9.42. The van der Waals surface area contributed by atoms with Crippen LogP contribution in [-0.4, -0.2) is 60.6 Å². The number of hydrogen-bond acceptors (Lipinski definition) is 8. The number of esters is 1. The first-order valence-electron chi connectivity index (χ1n) is 6.35. The molecule has 20 heavy (non-hydrogen) atoms. The van der Waals surface area contributed by atoms with Crippen molar-refractivity contribution in [2.75, 3.05) is 45.4 Å². The van der Waals surface area contributed by atoms with E-state index in [2.05, 4.69) is 19.7 Å². The molecule has 1 aromatic rings. The Morgan fingerprint density at radius 3 is 2.55 bits per heavy atom. The Labute approximate surface area is 119 Å². The average molecular weight is 282 g/mol. The second-order valence-electron chi connectivity index (χ2n) is 4.72. The number of carbonyl (C=O) groups is 1. The van der Waals surface area contributed by atoms with Gasteiger partial charge in [-0.25, -0.2) is 0 Å². The molecule has 0 amide bonds. The summed E-state index contributed by atoms with van der Waals surface area (Å²) in [5.41, 5.74) is 5.66. The maximum Gasteiger partial charge on any atom is 0.305 e. The molecular weight excluding hydrogens is 260 g/mol. The molecule has 112 valence electrons. The van der Waals surface area contributed by atoms with Gasteiger partial charge in [-0.2, -0.15) is 15.0 Å². The minimum absolute atomic E-state index is 0.197. The highest BCUT2D eigenvalue weighted by Crippen LogP contribution is 2.07.